The van der Waals surface area contributed by atoms with E-state index in [4.69, 9.17) is 0 Å². The van der Waals surface area contributed by atoms with Crippen molar-refractivity contribution in [1.29, 1.82) is 0 Å². The number of thiophene rings is 1. The molecule has 2 aromatic rings. The van der Waals surface area contributed by atoms with Crippen LogP contribution in [0.3, 0.4) is 0 Å². The Hall–Kier alpha value is -1.89. The first-order valence-corrected chi connectivity index (χ1v) is 13.7. The van der Waals surface area contributed by atoms with Crippen LogP contribution in [-0.4, -0.2) is 18.3 Å². The summed E-state index contributed by atoms with van der Waals surface area (Å²) in [5.41, 5.74) is -2.03. The van der Waals surface area contributed by atoms with Crippen molar-refractivity contribution in [2.24, 2.45) is 5.92 Å². The molecular formula is C28H35F4O2S-. The molecule has 1 aromatic carbocycles. The number of carbonyl (C=O) groups excluding carboxylic acids is 1. The van der Waals surface area contributed by atoms with E-state index in [9.17, 15) is 18.7 Å². The van der Waals surface area contributed by atoms with Crippen LogP contribution in [0, 0.1) is 5.92 Å². The van der Waals surface area contributed by atoms with Crippen molar-refractivity contribution in [3.8, 4) is 0 Å². The first-order chi connectivity index (χ1) is 16.8. The number of hydrogen-bond acceptors (Lipinski definition) is 3. The zero-order valence-electron chi connectivity index (χ0n) is 20.3. The third kappa shape index (κ3) is 6.28. The average Bonchev–Trinajstić information content (AvgIpc) is 3.35. The minimum absolute atomic E-state index is 0.100. The second kappa shape index (κ2) is 12.9. The first-order valence-electron chi connectivity index (χ1n) is 12.8. The minimum Gasteiger partial charge on any atom is -0.545 e. The van der Waals surface area contributed by atoms with Gasteiger partial charge in [-0.15, -0.1) is 11.3 Å². The summed E-state index contributed by atoms with van der Waals surface area (Å²) in [6.07, 6.45) is 3.43. The summed E-state index contributed by atoms with van der Waals surface area (Å²) in [5, 5.41) is 13.1. The molecule has 1 aliphatic carbocycles. The summed E-state index contributed by atoms with van der Waals surface area (Å²) in [5.74, 6) is -1.96. The number of aromatic carboxylic acids is 1. The fraction of sp³-hybridized carbons (Fsp3) is 0.607. The van der Waals surface area contributed by atoms with E-state index < -0.39 is 36.1 Å². The Kier molecular flexibility index (Phi) is 10.2. The summed E-state index contributed by atoms with van der Waals surface area (Å²) < 4.78 is 58.5. The van der Waals surface area contributed by atoms with Crippen molar-refractivity contribution in [1.82, 2.24) is 0 Å². The monoisotopic (exact) mass is 511 g/mol. The van der Waals surface area contributed by atoms with Crippen LogP contribution >= 0.6 is 11.3 Å². The highest BCUT2D eigenvalue weighted by Crippen LogP contribution is 2.53. The quantitative estimate of drug-likeness (QED) is 0.202. The molecule has 1 saturated carbocycles. The second-order valence-corrected chi connectivity index (χ2v) is 10.7. The largest absolute Gasteiger partial charge is 0.545 e. The van der Waals surface area contributed by atoms with E-state index in [1.165, 1.54) is 55.3 Å². The number of rotatable bonds is 13. The van der Waals surface area contributed by atoms with Crippen molar-refractivity contribution in [3.63, 3.8) is 0 Å². The number of carboxylic acids is 1. The van der Waals surface area contributed by atoms with Crippen molar-refractivity contribution < 1.29 is 27.5 Å². The molecule has 4 atom stereocenters. The van der Waals surface area contributed by atoms with Gasteiger partial charge in [0.1, 0.15) is 12.3 Å². The maximum atomic E-state index is 16.2. The lowest BCUT2D eigenvalue weighted by Crippen LogP contribution is -2.51. The van der Waals surface area contributed by atoms with E-state index >= 15 is 8.78 Å². The molecule has 3 rings (SSSR count). The standard InChI is InChI=1S/C28H36F4O2S/c1-2-3-4-5-6-7-8-9-12-19-15-16-28(25(30)24(19)29,23-17-20(18-35-23)26(31)32)22-14-11-10-13-21(22)27(33)34/h10-11,13-14,17-19,24-26H,2-9,12,15-16H2,1H3,(H,33,34)/p-1. The Morgan fingerprint density at radius 1 is 1.09 bits per heavy atom. The van der Waals surface area contributed by atoms with Gasteiger partial charge in [-0.25, -0.2) is 17.6 Å². The van der Waals surface area contributed by atoms with E-state index in [2.05, 4.69) is 6.92 Å². The fourth-order valence-electron chi connectivity index (χ4n) is 5.49. The zero-order chi connectivity index (χ0) is 25.4. The highest BCUT2D eigenvalue weighted by atomic mass is 32.1. The third-order valence-corrected chi connectivity index (χ3v) is 8.60. The molecule has 0 amide bonds. The SMILES string of the molecule is CCCCCCCCCCC1CCC(c2cc(C(F)F)cs2)(c2ccccc2C(=O)[O-])C(F)C1F. The number of hydrogen-bond donors (Lipinski definition) is 0. The number of carboxylic acid groups (broad SMARTS) is 1. The van der Waals surface area contributed by atoms with Gasteiger partial charge in [-0.05, 0) is 42.2 Å². The highest BCUT2D eigenvalue weighted by molar-refractivity contribution is 7.10. The maximum absolute atomic E-state index is 16.2. The maximum Gasteiger partial charge on any atom is 0.264 e. The van der Waals surface area contributed by atoms with Gasteiger partial charge in [0.25, 0.3) is 6.43 Å². The predicted octanol–water partition coefficient (Wildman–Crippen LogP) is 7.95. The highest BCUT2D eigenvalue weighted by Gasteiger charge is 2.54. The summed E-state index contributed by atoms with van der Waals surface area (Å²) in [6, 6.07) is 7.04. The lowest BCUT2D eigenvalue weighted by molar-refractivity contribution is -0.255. The minimum atomic E-state index is -2.74. The Balaban J connectivity index is 1.79. The van der Waals surface area contributed by atoms with E-state index in [0.29, 0.717) is 12.8 Å². The van der Waals surface area contributed by atoms with Gasteiger partial charge in [0.2, 0.25) is 0 Å². The zero-order valence-corrected chi connectivity index (χ0v) is 21.1. The Morgan fingerprint density at radius 3 is 2.37 bits per heavy atom. The summed E-state index contributed by atoms with van der Waals surface area (Å²) in [4.78, 5) is 12.1. The molecule has 1 heterocycles. The Labute approximate surface area is 209 Å². The van der Waals surface area contributed by atoms with Gasteiger partial charge in [0, 0.05) is 16.0 Å². The molecule has 0 aliphatic heterocycles. The van der Waals surface area contributed by atoms with Crippen molar-refractivity contribution in [3.05, 3.63) is 57.3 Å². The molecule has 0 N–H and O–H groups in total. The second-order valence-electron chi connectivity index (χ2n) is 9.76. The summed E-state index contributed by atoms with van der Waals surface area (Å²) in [6.45, 7) is 2.18. The van der Waals surface area contributed by atoms with Crippen LogP contribution in [0.15, 0.2) is 35.7 Å². The number of halogens is 4. The molecule has 194 valence electrons. The summed E-state index contributed by atoms with van der Waals surface area (Å²) in [7, 11) is 0. The number of alkyl halides is 4. The van der Waals surface area contributed by atoms with Crippen LogP contribution in [0.2, 0.25) is 0 Å². The van der Waals surface area contributed by atoms with Crippen molar-refractivity contribution in [2.45, 2.75) is 102 Å². The van der Waals surface area contributed by atoms with E-state index in [1.54, 1.807) is 6.07 Å². The molecule has 35 heavy (non-hydrogen) atoms. The Morgan fingerprint density at radius 2 is 1.74 bits per heavy atom. The molecule has 0 spiro atoms. The predicted molar refractivity (Wildman–Crippen MR) is 131 cm³/mol. The van der Waals surface area contributed by atoms with Gasteiger partial charge in [-0.2, -0.15) is 0 Å². The van der Waals surface area contributed by atoms with Gasteiger partial charge in [-0.1, -0.05) is 82.6 Å². The molecule has 4 unspecified atom stereocenters. The average molecular weight is 512 g/mol. The van der Waals surface area contributed by atoms with Crippen molar-refractivity contribution >= 4 is 17.3 Å². The number of benzene rings is 1. The molecule has 2 nitrogen and oxygen atoms in total. The smallest absolute Gasteiger partial charge is 0.264 e. The molecule has 1 aromatic heterocycles. The third-order valence-electron chi connectivity index (χ3n) is 7.48. The van der Waals surface area contributed by atoms with Crippen LogP contribution in [0.5, 0.6) is 0 Å². The van der Waals surface area contributed by atoms with Crippen LogP contribution in [-0.2, 0) is 5.41 Å². The molecule has 1 aliphatic rings. The molecule has 7 heteroatoms. The first kappa shape index (κ1) is 27.7. The fourth-order valence-corrected chi connectivity index (χ4v) is 6.66. The normalized spacial score (nSPS) is 24.7. The molecule has 1 fully saturated rings. The molecule has 0 saturated heterocycles. The molecular weight excluding hydrogens is 476 g/mol. The van der Waals surface area contributed by atoms with Gasteiger partial charge in [0.05, 0.1) is 11.4 Å². The van der Waals surface area contributed by atoms with Crippen LogP contribution < -0.4 is 5.11 Å². The van der Waals surface area contributed by atoms with Gasteiger partial charge < -0.3 is 9.90 Å². The van der Waals surface area contributed by atoms with Gasteiger partial charge >= 0.3 is 0 Å². The lowest BCUT2D eigenvalue weighted by atomic mass is 9.62. The molecule has 0 bridgehead atoms. The number of unbranched alkanes of at least 4 members (excludes halogenated alkanes) is 7. The van der Waals surface area contributed by atoms with E-state index in [-0.39, 0.29) is 28.0 Å². The van der Waals surface area contributed by atoms with E-state index in [0.717, 1.165) is 37.0 Å². The van der Waals surface area contributed by atoms with Gasteiger partial charge in [-0.3, -0.25) is 0 Å². The van der Waals surface area contributed by atoms with Crippen LogP contribution in [0.1, 0.15) is 110 Å². The van der Waals surface area contributed by atoms with E-state index in [1.807, 2.05) is 0 Å². The Bertz CT molecular complexity index is 947. The lowest BCUT2D eigenvalue weighted by Gasteiger charge is -2.45. The topological polar surface area (TPSA) is 40.1 Å². The number of carbonyl (C=O) groups is 1. The van der Waals surface area contributed by atoms with Crippen LogP contribution in [0.25, 0.3) is 0 Å². The van der Waals surface area contributed by atoms with Crippen LogP contribution in [0.4, 0.5) is 17.6 Å². The summed E-state index contributed by atoms with van der Waals surface area (Å²) >= 11 is 0.938. The molecule has 0 radical (unpaired) electrons. The van der Waals surface area contributed by atoms with Crippen molar-refractivity contribution in [2.75, 3.05) is 0 Å². The van der Waals surface area contributed by atoms with Gasteiger partial charge in [0.15, 0.2) is 0 Å².